The number of aromatic amines is 1. The molecule has 0 spiro atoms. The number of rotatable bonds is 5. The first-order valence-electron chi connectivity index (χ1n) is 9.42. The van der Waals surface area contributed by atoms with Gasteiger partial charge in [0.15, 0.2) is 0 Å². The first-order chi connectivity index (χ1) is 12.6. The van der Waals surface area contributed by atoms with Crippen LogP contribution in [0.4, 0.5) is 0 Å². The second-order valence-electron chi connectivity index (χ2n) is 7.20. The Morgan fingerprint density at radius 1 is 1.35 bits per heavy atom. The third kappa shape index (κ3) is 3.02. The quantitative estimate of drug-likeness (QED) is 0.738. The maximum Gasteiger partial charge on any atom is 0.223 e. The Hall–Kier alpha value is -2.56. The molecule has 5 nitrogen and oxygen atoms in total. The van der Waals surface area contributed by atoms with Crippen LogP contribution in [-0.4, -0.2) is 27.5 Å². The lowest BCUT2D eigenvalue weighted by molar-refractivity contribution is -0.132. The summed E-state index contributed by atoms with van der Waals surface area (Å²) in [5.41, 5.74) is 4.46. The van der Waals surface area contributed by atoms with E-state index >= 15 is 0 Å². The number of carbonyl (C=O) groups is 1. The molecule has 1 aliphatic rings. The Bertz CT molecular complexity index is 905. The summed E-state index contributed by atoms with van der Waals surface area (Å²) >= 11 is 0. The number of likely N-dealkylation sites (tertiary alicyclic amines) is 1. The second kappa shape index (κ2) is 6.98. The van der Waals surface area contributed by atoms with Crippen molar-refractivity contribution in [1.29, 1.82) is 0 Å². The zero-order chi connectivity index (χ0) is 18.1. The largest absolute Gasteiger partial charge is 0.361 e. The van der Waals surface area contributed by atoms with Crippen LogP contribution < -0.4 is 0 Å². The summed E-state index contributed by atoms with van der Waals surface area (Å²) < 4.78 is 5.32. The number of H-pyrrole nitrogens is 1. The molecule has 3 heterocycles. The maximum absolute atomic E-state index is 12.8. The van der Waals surface area contributed by atoms with Gasteiger partial charge in [0.05, 0.1) is 11.7 Å². The van der Waals surface area contributed by atoms with Crippen molar-refractivity contribution in [2.45, 2.75) is 52.0 Å². The highest BCUT2D eigenvalue weighted by Gasteiger charge is 2.33. The van der Waals surface area contributed by atoms with Crippen molar-refractivity contribution in [3.05, 3.63) is 53.0 Å². The Balaban J connectivity index is 1.40. The molecule has 136 valence electrons. The average Bonchev–Trinajstić information content (AvgIpc) is 3.34. The maximum atomic E-state index is 12.8. The fourth-order valence-electron chi connectivity index (χ4n) is 4.24. The van der Waals surface area contributed by atoms with Crippen LogP contribution in [0.1, 0.15) is 54.3 Å². The first kappa shape index (κ1) is 16.9. The smallest absolute Gasteiger partial charge is 0.223 e. The molecule has 1 atom stereocenters. The molecule has 0 aliphatic carbocycles. The highest BCUT2D eigenvalue weighted by molar-refractivity contribution is 5.83. The first-order valence-corrected chi connectivity index (χ1v) is 9.42. The summed E-state index contributed by atoms with van der Waals surface area (Å²) in [5.74, 6) is 1.08. The van der Waals surface area contributed by atoms with E-state index < -0.39 is 0 Å². The van der Waals surface area contributed by atoms with Crippen LogP contribution in [0.2, 0.25) is 0 Å². The minimum atomic E-state index is 0.127. The fraction of sp³-hybridized carbons (Fsp3) is 0.429. The molecule has 1 aromatic carbocycles. The van der Waals surface area contributed by atoms with Crippen molar-refractivity contribution in [2.75, 3.05) is 6.54 Å². The third-order valence-corrected chi connectivity index (χ3v) is 5.51. The van der Waals surface area contributed by atoms with Crippen molar-refractivity contribution in [3.8, 4) is 0 Å². The van der Waals surface area contributed by atoms with E-state index in [-0.39, 0.29) is 11.9 Å². The molecule has 1 unspecified atom stereocenters. The standard InChI is InChI=1S/C21H25N3O2/c1-14-21(15(2)26-23-14)19-10-6-12-24(19)20(25)11-5-7-16-13-22-18-9-4-3-8-17(16)18/h3-4,8-9,13,19,22H,5-7,10-12H2,1-2H3. The van der Waals surface area contributed by atoms with Crippen LogP contribution in [0.25, 0.3) is 10.9 Å². The van der Waals surface area contributed by atoms with Crippen molar-refractivity contribution in [1.82, 2.24) is 15.0 Å². The topological polar surface area (TPSA) is 62.1 Å². The van der Waals surface area contributed by atoms with E-state index in [2.05, 4.69) is 34.5 Å². The number of carbonyl (C=O) groups excluding carboxylic acids is 1. The normalized spacial score (nSPS) is 17.3. The number of fused-ring (bicyclic) bond motifs is 1. The summed E-state index contributed by atoms with van der Waals surface area (Å²) in [7, 11) is 0. The summed E-state index contributed by atoms with van der Waals surface area (Å²) in [4.78, 5) is 18.2. The van der Waals surface area contributed by atoms with Crippen LogP contribution in [-0.2, 0) is 11.2 Å². The van der Waals surface area contributed by atoms with Crippen molar-refractivity contribution in [3.63, 3.8) is 0 Å². The van der Waals surface area contributed by atoms with Crippen LogP contribution in [0, 0.1) is 13.8 Å². The Morgan fingerprint density at radius 2 is 2.19 bits per heavy atom. The molecule has 1 saturated heterocycles. The van der Waals surface area contributed by atoms with Gasteiger partial charge in [-0.1, -0.05) is 23.4 Å². The number of hydrogen-bond donors (Lipinski definition) is 1. The van der Waals surface area contributed by atoms with E-state index in [0.29, 0.717) is 6.42 Å². The SMILES string of the molecule is Cc1noc(C)c1C1CCCN1C(=O)CCCc1c[nH]c2ccccc12. The van der Waals surface area contributed by atoms with Gasteiger partial charge in [0.25, 0.3) is 0 Å². The van der Waals surface area contributed by atoms with Gasteiger partial charge in [-0.3, -0.25) is 4.79 Å². The summed E-state index contributed by atoms with van der Waals surface area (Å²) in [6.45, 7) is 4.73. The van der Waals surface area contributed by atoms with E-state index in [0.717, 1.165) is 54.8 Å². The molecular weight excluding hydrogens is 326 g/mol. The fourth-order valence-corrected chi connectivity index (χ4v) is 4.24. The van der Waals surface area contributed by atoms with Crippen LogP contribution in [0.3, 0.4) is 0 Å². The second-order valence-corrected chi connectivity index (χ2v) is 7.20. The predicted molar refractivity (Wildman–Crippen MR) is 101 cm³/mol. The Morgan fingerprint density at radius 3 is 3.00 bits per heavy atom. The zero-order valence-corrected chi connectivity index (χ0v) is 15.4. The molecule has 0 radical (unpaired) electrons. The number of para-hydroxylation sites is 1. The lowest BCUT2D eigenvalue weighted by atomic mass is 10.0. The van der Waals surface area contributed by atoms with E-state index in [4.69, 9.17) is 4.52 Å². The van der Waals surface area contributed by atoms with Crippen molar-refractivity contribution < 1.29 is 9.32 Å². The number of amides is 1. The summed E-state index contributed by atoms with van der Waals surface area (Å²) in [5, 5.41) is 5.32. The molecule has 1 fully saturated rings. The molecule has 26 heavy (non-hydrogen) atoms. The van der Waals surface area contributed by atoms with Crippen LogP contribution in [0.5, 0.6) is 0 Å². The van der Waals surface area contributed by atoms with Gasteiger partial charge in [0.1, 0.15) is 5.76 Å². The minimum Gasteiger partial charge on any atom is -0.361 e. The molecule has 2 aromatic heterocycles. The van der Waals surface area contributed by atoms with E-state index in [1.165, 1.54) is 10.9 Å². The third-order valence-electron chi connectivity index (χ3n) is 5.51. The number of benzene rings is 1. The van der Waals surface area contributed by atoms with Gasteiger partial charge in [-0.2, -0.15) is 0 Å². The van der Waals surface area contributed by atoms with E-state index in [9.17, 15) is 4.79 Å². The lowest BCUT2D eigenvalue weighted by Crippen LogP contribution is -2.30. The van der Waals surface area contributed by atoms with Crippen molar-refractivity contribution >= 4 is 16.8 Å². The minimum absolute atomic E-state index is 0.127. The molecule has 3 aromatic rings. The highest BCUT2D eigenvalue weighted by Crippen LogP contribution is 2.36. The molecule has 4 rings (SSSR count). The number of aromatic nitrogens is 2. The van der Waals surface area contributed by atoms with E-state index in [1.807, 2.05) is 24.8 Å². The number of nitrogens with one attached hydrogen (secondary N) is 1. The van der Waals surface area contributed by atoms with Crippen LogP contribution >= 0.6 is 0 Å². The average molecular weight is 351 g/mol. The number of nitrogens with zero attached hydrogens (tertiary/aromatic N) is 2. The van der Waals surface area contributed by atoms with Gasteiger partial charge in [-0.05, 0) is 51.2 Å². The van der Waals surface area contributed by atoms with Gasteiger partial charge in [0.2, 0.25) is 5.91 Å². The molecule has 1 N–H and O–H groups in total. The molecular formula is C21H25N3O2. The van der Waals surface area contributed by atoms with Gasteiger partial charge in [0, 0.05) is 35.6 Å². The number of hydrogen-bond acceptors (Lipinski definition) is 3. The van der Waals surface area contributed by atoms with E-state index in [1.54, 1.807) is 0 Å². The lowest BCUT2D eigenvalue weighted by Gasteiger charge is -2.24. The van der Waals surface area contributed by atoms with Crippen LogP contribution in [0.15, 0.2) is 35.0 Å². The monoisotopic (exact) mass is 351 g/mol. The zero-order valence-electron chi connectivity index (χ0n) is 15.4. The summed E-state index contributed by atoms with van der Waals surface area (Å²) in [6.07, 6.45) is 6.47. The predicted octanol–water partition coefficient (Wildman–Crippen LogP) is 4.46. The molecule has 1 amide bonds. The highest BCUT2D eigenvalue weighted by atomic mass is 16.5. The Kier molecular flexibility index (Phi) is 4.53. The molecule has 0 saturated carbocycles. The van der Waals surface area contributed by atoms with Gasteiger partial charge in [-0.25, -0.2) is 0 Å². The van der Waals surface area contributed by atoms with Gasteiger partial charge < -0.3 is 14.4 Å². The molecule has 1 aliphatic heterocycles. The van der Waals surface area contributed by atoms with Crippen molar-refractivity contribution in [2.24, 2.45) is 0 Å². The molecule has 0 bridgehead atoms. The van der Waals surface area contributed by atoms with Gasteiger partial charge >= 0.3 is 0 Å². The number of aryl methyl sites for hydroxylation is 3. The molecule has 5 heteroatoms. The Labute approximate surface area is 153 Å². The van der Waals surface area contributed by atoms with Gasteiger partial charge in [-0.15, -0.1) is 0 Å². The summed E-state index contributed by atoms with van der Waals surface area (Å²) in [6, 6.07) is 8.44.